The zero-order valence-corrected chi connectivity index (χ0v) is 19.3. The molecule has 1 atom stereocenters. The van der Waals surface area contributed by atoms with Crippen molar-refractivity contribution >= 4 is 17.5 Å². The molecule has 1 unspecified atom stereocenters. The fourth-order valence-electron chi connectivity index (χ4n) is 5.02. The summed E-state index contributed by atoms with van der Waals surface area (Å²) in [5.41, 5.74) is 1.43. The lowest BCUT2D eigenvalue weighted by Gasteiger charge is -2.27. The second kappa shape index (κ2) is 8.61. The number of hydrogen-bond donors (Lipinski definition) is 0. The Balaban J connectivity index is 1.49. The van der Waals surface area contributed by atoms with Crippen LogP contribution in [-0.4, -0.2) is 49.7 Å². The van der Waals surface area contributed by atoms with Crippen LogP contribution >= 0.6 is 0 Å². The molecule has 7 heteroatoms. The van der Waals surface area contributed by atoms with Crippen molar-refractivity contribution in [1.29, 1.82) is 0 Å². The highest BCUT2D eigenvalue weighted by Gasteiger charge is 2.57. The molecule has 174 valence electrons. The van der Waals surface area contributed by atoms with E-state index in [0.29, 0.717) is 17.2 Å². The lowest BCUT2D eigenvalue weighted by Crippen LogP contribution is -2.47. The number of para-hydroxylation sites is 1. The van der Waals surface area contributed by atoms with Crippen molar-refractivity contribution in [3.05, 3.63) is 47.5 Å². The van der Waals surface area contributed by atoms with Crippen LogP contribution in [0.5, 0.6) is 17.2 Å². The summed E-state index contributed by atoms with van der Waals surface area (Å²) in [4.78, 5) is 30.9. The van der Waals surface area contributed by atoms with Gasteiger partial charge in [-0.15, -0.1) is 0 Å². The number of carbonyl (C=O) groups excluding carboxylic acids is 2. The van der Waals surface area contributed by atoms with Crippen molar-refractivity contribution < 1.29 is 23.8 Å². The summed E-state index contributed by atoms with van der Waals surface area (Å²) in [5, 5.41) is 0. The van der Waals surface area contributed by atoms with Gasteiger partial charge in [0.1, 0.15) is 24.3 Å². The van der Waals surface area contributed by atoms with Crippen molar-refractivity contribution in [2.45, 2.75) is 44.9 Å². The van der Waals surface area contributed by atoms with Crippen molar-refractivity contribution in [2.75, 3.05) is 37.9 Å². The summed E-state index contributed by atoms with van der Waals surface area (Å²) in [5.74, 6) is 1.73. The molecule has 7 nitrogen and oxygen atoms in total. The predicted molar refractivity (Wildman–Crippen MR) is 124 cm³/mol. The van der Waals surface area contributed by atoms with Gasteiger partial charge in [-0.25, -0.2) is 0 Å². The average Bonchev–Trinajstić information content (AvgIpc) is 3.50. The maximum Gasteiger partial charge on any atom is 0.246 e. The molecule has 33 heavy (non-hydrogen) atoms. The minimum Gasteiger partial charge on any atom is -0.491 e. The van der Waals surface area contributed by atoms with Gasteiger partial charge >= 0.3 is 0 Å². The largest absolute Gasteiger partial charge is 0.491 e. The second-order valence-corrected chi connectivity index (χ2v) is 8.89. The van der Waals surface area contributed by atoms with Crippen LogP contribution in [0, 0.1) is 0 Å². The summed E-state index contributed by atoms with van der Waals surface area (Å²) in [6.07, 6.45) is 3.96. The molecule has 0 saturated heterocycles. The van der Waals surface area contributed by atoms with Gasteiger partial charge in [-0.2, -0.15) is 0 Å². The SMILES string of the molecule is CCCCN(CCCC)C(=O)CN1C(=O)C2(COc3cc4c(cc32)OCO4)c2ccccc21. The number of hydrogen-bond acceptors (Lipinski definition) is 5. The topological polar surface area (TPSA) is 68.3 Å². The van der Waals surface area contributed by atoms with Gasteiger partial charge in [0.25, 0.3) is 0 Å². The van der Waals surface area contributed by atoms with E-state index in [9.17, 15) is 9.59 Å². The molecule has 5 rings (SSSR count). The van der Waals surface area contributed by atoms with Gasteiger partial charge in [0.2, 0.25) is 18.6 Å². The van der Waals surface area contributed by atoms with Crippen LogP contribution in [0.15, 0.2) is 36.4 Å². The molecule has 0 saturated carbocycles. The number of rotatable bonds is 8. The molecule has 3 heterocycles. The molecule has 0 aliphatic carbocycles. The van der Waals surface area contributed by atoms with E-state index >= 15 is 0 Å². The summed E-state index contributed by atoms with van der Waals surface area (Å²) in [6, 6.07) is 11.4. The molecular formula is C26H30N2O5. The van der Waals surface area contributed by atoms with Gasteiger partial charge in [0.05, 0.1) is 0 Å². The number of ether oxygens (including phenoxy) is 3. The minimum absolute atomic E-state index is 0.0121. The van der Waals surface area contributed by atoms with Gasteiger partial charge in [0.15, 0.2) is 11.5 Å². The third kappa shape index (κ3) is 3.41. The Hall–Kier alpha value is -3.22. The standard InChI is InChI=1S/C26H30N2O5/c1-3-5-11-27(12-6-4-2)24(29)15-28-20-10-8-7-9-18(20)26(25(28)30)16-31-21-14-23-22(13-19(21)26)32-17-33-23/h7-10,13-14H,3-6,11-12,15-17H2,1-2H3. The highest BCUT2D eigenvalue weighted by Crippen LogP contribution is 2.54. The van der Waals surface area contributed by atoms with Crippen LogP contribution in [0.4, 0.5) is 5.69 Å². The smallest absolute Gasteiger partial charge is 0.246 e. The fraction of sp³-hybridized carbons (Fsp3) is 0.462. The first-order valence-electron chi connectivity index (χ1n) is 11.9. The molecule has 0 bridgehead atoms. The Labute approximate surface area is 194 Å². The second-order valence-electron chi connectivity index (χ2n) is 8.89. The maximum atomic E-state index is 14.0. The van der Waals surface area contributed by atoms with Crippen molar-refractivity contribution in [3.8, 4) is 17.2 Å². The van der Waals surface area contributed by atoms with E-state index in [1.165, 1.54) is 0 Å². The normalized spacial score (nSPS) is 19.6. The van der Waals surface area contributed by atoms with Crippen LogP contribution in [0.1, 0.15) is 50.7 Å². The summed E-state index contributed by atoms with van der Waals surface area (Å²) < 4.78 is 17.1. The van der Waals surface area contributed by atoms with Crippen molar-refractivity contribution in [3.63, 3.8) is 0 Å². The molecular weight excluding hydrogens is 420 g/mol. The van der Waals surface area contributed by atoms with Crippen LogP contribution < -0.4 is 19.1 Å². The summed E-state index contributed by atoms with van der Waals surface area (Å²) in [7, 11) is 0. The molecule has 3 aliphatic rings. The molecule has 0 aromatic heterocycles. The quantitative estimate of drug-likeness (QED) is 0.611. The molecule has 0 radical (unpaired) electrons. The van der Waals surface area contributed by atoms with E-state index in [1.54, 1.807) is 11.0 Å². The highest BCUT2D eigenvalue weighted by molar-refractivity contribution is 6.13. The Morgan fingerprint density at radius 3 is 2.39 bits per heavy atom. The monoisotopic (exact) mass is 450 g/mol. The predicted octanol–water partition coefficient (Wildman–Crippen LogP) is 3.87. The molecule has 2 amide bonds. The van der Waals surface area contributed by atoms with Crippen molar-refractivity contribution in [1.82, 2.24) is 4.90 Å². The Bertz CT molecular complexity index is 1080. The average molecular weight is 451 g/mol. The van der Waals surface area contributed by atoms with Gasteiger partial charge in [-0.05, 0) is 30.5 Å². The molecule has 0 N–H and O–H groups in total. The van der Waals surface area contributed by atoms with E-state index in [1.807, 2.05) is 35.2 Å². The number of unbranched alkanes of at least 4 members (excludes halogenated alkanes) is 2. The first-order chi connectivity index (χ1) is 16.1. The molecule has 0 fully saturated rings. The Kier molecular flexibility index (Phi) is 5.64. The van der Waals surface area contributed by atoms with Crippen molar-refractivity contribution in [2.24, 2.45) is 0 Å². The number of anilines is 1. The Morgan fingerprint density at radius 2 is 1.67 bits per heavy atom. The molecule has 1 spiro atoms. The van der Waals surface area contributed by atoms with Gasteiger partial charge < -0.3 is 24.0 Å². The first kappa shape index (κ1) is 21.6. The molecule has 2 aromatic carbocycles. The number of nitrogens with zero attached hydrogens (tertiary/aromatic N) is 2. The van der Waals surface area contributed by atoms with Gasteiger partial charge in [-0.1, -0.05) is 44.9 Å². The van der Waals surface area contributed by atoms with Crippen LogP contribution in [0.25, 0.3) is 0 Å². The van der Waals surface area contributed by atoms with E-state index in [0.717, 1.165) is 55.6 Å². The van der Waals surface area contributed by atoms with Crippen LogP contribution in [0.3, 0.4) is 0 Å². The summed E-state index contributed by atoms with van der Waals surface area (Å²) in [6.45, 7) is 6.07. The molecule has 3 aliphatic heterocycles. The summed E-state index contributed by atoms with van der Waals surface area (Å²) >= 11 is 0. The number of carbonyl (C=O) groups is 2. The van der Waals surface area contributed by atoms with E-state index in [4.69, 9.17) is 14.2 Å². The third-order valence-corrected chi connectivity index (χ3v) is 6.85. The van der Waals surface area contributed by atoms with E-state index < -0.39 is 5.41 Å². The van der Waals surface area contributed by atoms with Crippen LogP contribution in [0.2, 0.25) is 0 Å². The van der Waals surface area contributed by atoms with E-state index in [2.05, 4.69) is 13.8 Å². The van der Waals surface area contributed by atoms with Crippen LogP contribution in [-0.2, 0) is 15.0 Å². The van der Waals surface area contributed by atoms with E-state index in [-0.39, 0.29) is 31.8 Å². The van der Waals surface area contributed by atoms with Gasteiger partial charge in [-0.3, -0.25) is 9.59 Å². The zero-order valence-electron chi connectivity index (χ0n) is 19.3. The number of fused-ring (bicyclic) bond motifs is 5. The lowest BCUT2D eigenvalue weighted by molar-refractivity contribution is -0.132. The number of amides is 2. The van der Waals surface area contributed by atoms with Gasteiger partial charge in [0, 0.05) is 30.4 Å². The maximum absolute atomic E-state index is 14.0. The fourth-order valence-corrected chi connectivity index (χ4v) is 5.02. The zero-order chi connectivity index (χ0) is 23.0. The lowest BCUT2D eigenvalue weighted by atomic mass is 9.77. The Morgan fingerprint density at radius 1 is 0.970 bits per heavy atom. The third-order valence-electron chi connectivity index (χ3n) is 6.85. The molecule has 2 aromatic rings. The minimum atomic E-state index is -0.981. The number of benzene rings is 2. The highest BCUT2D eigenvalue weighted by atomic mass is 16.7. The first-order valence-corrected chi connectivity index (χ1v) is 11.9.